The summed E-state index contributed by atoms with van der Waals surface area (Å²) in [4.78, 5) is 9.95. The number of nitrogens with one attached hydrogen (secondary N) is 1. The van der Waals surface area contributed by atoms with E-state index in [9.17, 15) is 14.5 Å². The number of halogens is 1. The summed E-state index contributed by atoms with van der Waals surface area (Å²) in [6.45, 7) is 0. The third kappa shape index (κ3) is 2.07. The van der Waals surface area contributed by atoms with E-state index >= 15 is 0 Å². The molecule has 0 aliphatic rings. The van der Waals surface area contributed by atoms with Crippen LogP contribution in [0.2, 0.25) is 0 Å². The predicted octanol–water partition coefficient (Wildman–Crippen LogP) is 2.19. The average molecular weight is 254 g/mol. The van der Waals surface area contributed by atoms with Gasteiger partial charge in [-0.15, -0.1) is 0 Å². The van der Waals surface area contributed by atoms with Gasteiger partial charge in [0.2, 0.25) is 0 Å². The van der Waals surface area contributed by atoms with Crippen molar-refractivity contribution in [1.82, 2.24) is 14.8 Å². The second-order valence-corrected chi connectivity index (χ2v) is 3.75. The number of rotatable bonds is 2. The van der Waals surface area contributed by atoms with Gasteiger partial charge < -0.3 is 4.57 Å². The maximum atomic E-state index is 13.2. The first-order valence-electron chi connectivity index (χ1n) is 4.56. The lowest BCUT2D eigenvalue weighted by Gasteiger charge is -2.01. The lowest BCUT2D eigenvalue weighted by atomic mass is 10.2. The summed E-state index contributed by atoms with van der Waals surface area (Å²) in [6.07, 6.45) is 0. The van der Waals surface area contributed by atoms with Crippen molar-refractivity contribution in [2.75, 3.05) is 0 Å². The number of nitro benzene ring substituents is 1. The van der Waals surface area contributed by atoms with Crippen LogP contribution in [-0.4, -0.2) is 19.7 Å². The second-order valence-electron chi connectivity index (χ2n) is 3.37. The molecule has 1 aromatic carbocycles. The average Bonchev–Trinajstić information content (AvgIpc) is 2.59. The molecule has 6 nitrogen and oxygen atoms in total. The predicted molar refractivity (Wildman–Crippen MR) is 60.4 cm³/mol. The molecule has 88 valence electrons. The van der Waals surface area contributed by atoms with Crippen molar-refractivity contribution in [3.8, 4) is 11.4 Å². The molecule has 0 unspecified atom stereocenters. The van der Waals surface area contributed by atoms with Crippen LogP contribution >= 0.6 is 12.2 Å². The highest BCUT2D eigenvalue weighted by Gasteiger charge is 2.14. The molecule has 17 heavy (non-hydrogen) atoms. The van der Waals surface area contributed by atoms with Crippen molar-refractivity contribution in [3.63, 3.8) is 0 Å². The SMILES string of the molecule is Cn1c(-c2cc(F)cc([N+](=O)[O-])c2)n[nH]c1=S. The fraction of sp³-hybridized carbons (Fsp3) is 0.111. The van der Waals surface area contributed by atoms with Crippen molar-refractivity contribution < 1.29 is 9.31 Å². The highest BCUT2D eigenvalue weighted by atomic mass is 32.1. The molecule has 0 atom stereocenters. The first-order chi connectivity index (χ1) is 7.99. The Balaban J connectivity index is 2.64. The van der Waals surface area contributed by atoms with Gasteiger partial charge in [0.05, 0.1) is 11.0 Å². The van der Waals surface area contributed by atoms with E-state index in [2.05, 4.69) is 10.2 Å². The Bertz CT molecular complexity index is 649. The van der Waals surface area contributed by atoms with Crippen molar-refractivity contribution in [3.05, 3.63) is 38.9 Å². The molecule has 0 spiro atoms. The van der Waals surface area contributed by atoms with Gasteiger partial charge in [0.15, 0.2) is 10.6 Å². The van der Waals surface area contributed by atoms with Gasteiger partial charge in [-0.3, -0.25) is 15.2 Å². The molecule has 0 bridgehead atoms. The zero-order chi connectivity index (χ0) is 12.6. The molecule has 1 N–H and O–H groups in total. The summed E-state index contributed by atoms with van der Waals surface area (Å²) in [5.74, 6) is -0.347. The Morgan fingerprint density at radius 2 is 2.24 bits per heavy atom. The van der Waals surface area contributed by atoms with E-state index in [1.807, 2.05) is 0 Å². The zero-order valence-electron chi connectivity index (χ0n) is 8.68. The van der Waals surface area contributed by atoms with Crippen LogP contribution < -0.4 is 0 Å². The molecule has 1 aromatic heterocycles. The van der Waals surface area contributed by atoms with Crippen LogP contribution in [0.5, 0.6) is 0 Å². The maximum Gasteiger partial charge on any atom is 0.273 e. The molecule has 0 aliphatic heterocycles. The number of nitrogens with zero attached hydrogens (tertiary/aromatic N) is 3. The molecule has 0 fully saturated rings. The number of aromatic amines is 1. The van der Waals surface area contributed by atoms with Crippen LogP contribution in [0.4, 0.5) is 10.1 Å². The molecule has 1 heterocycles. The van der Waals surface area contributed by atoms with E-state index in [4.69, 9.17) is 12.2 Å². The smallest absolute Gasteiger partial charge is 0.273 e. The molecule has 0 saturated heterocycles. The molecule has 0 radical (unpaired) electrons. The summed E-state index contributed by atoms with van der Waals surface area (Å²) < 4.78 is 15.1. The minimum absolute atomic E-state index is 0.298. The number of hydrogen-bond acceptors (Lipinski definition) is 4. The van der Waals surface area contributed by atoms with Crippen LogP contribution in [0.1, 0.15) is 0 Å². The Hall–Kier alpha value is -2.09. The molecule has 2 aromatic rings. The van der Waals surface area contributed by atoms with Gasteiger partial charge in [-0.25, -0.2) is 4.39 Å². The van der Waals surface area contributed by atoms with Gasteiger partial charge in [0, 0.05) is 18.7 Å². The van der Waals surface area contributed by atoms with E-state index < -0.39 is 10.7 Å². The largest absolute Gasteiger partial charge is 0.303 e. The maximum absolute atomic E-state index is 13.2. The van der Waals surface area contributed by atoms with Gasteiger partial charge in [-0.2, -0.15) is 5.10 Å². The Labute approximate surface area is 99.9 Å². The van der Waals surface area contributed by atoms with Crippen molar-refractivity contribution in [2.24, 2.45) is 7.05 Å². The van der Waals surface area contributed by atoms with Gasteiger partial charge in [-0.1, -0.05) is 0 Å². The summed E-state index contributed by atoms with van der Waals surface area (Å²) in [6, 6.07) is 3.26. The second kappa shape index (κ2) is 4.06. The van der Waals surface area contributed by atoms with E-state index in [0.717, 1.165) is 12.1 Å². The molecular formula is C9H7FN4O2S. The monoisotopic (exact) mass is 254 g/mol. The Morgan fingerprint density at radius 1 is 1.53 bits per heavy atom. The quantitative estimate of drug-likeness (QED) is 0.506. The van der Waals surface area contributed by atoms with Gasteiger partial charge in [0.25, 0.3) is 5.69 Å². The number of hydrogen-bond donors (Lipinski definition) is 1. The van der Waals surface area contributed by atoms with Crippen LogP contribution in [0.25, 0.3) is 11.4 Å². The van der Waals surface area contributed by atoms with E-state index in [1.165, 1.54) is 10.6 Å². The molecule has 0 aliphatic carbocycles. The summed E-state index contributed by atoms with van der Waals surface area (Å²) >= 11 is 4.91. The normalized spacial score (nSPS) is 10.5. The highest BCUT2D eigenvalue weighted by molar-refractivity contribution is 7.71. The first-order valence-corrected chi connectivity index (χ1v) is 4.96. The first kappa shape index (κ1) is 11.4. The van der Waals surface area contributed by atoms with Crippen LogP contribution in [0.15, 0.2) is 18.2 Å². The third-order valence-corrected chi connectivity index (χ3v) is 2.60. The van der Waals surface area contributed by atoms with E-state index in [-0.39, 0.29) is 5.69 Å². The lowest BCUT2D eigenvalue weighted by Crippen LogP contribution is -1.95. The standard InChI is InChI=1S/C9H7FN4O2S/c1-13-8(11-12-9(13)17)5-2-6(10)4-7(3-5)14(15)16/h2-4H,1H3,(H,12,17). The number of nitro groups is 1. The fourth-order valence-corrected chi connectivity index (χ4v) is 1.55. The minimum atomic E-state index is -0.692. The van der Waals surface area contributed by atoms with Crippen LogP contribution in [-0.2, 0) is 7.05 Å². The number of aromatic nitrogens is 3. The van der Waals surface area contributed by atoms with E-state index in [0.29, 0.717) is 16.2 Å². The van der Waals surface area contributed by atoms with Crippen molar-refractivity contribution in [1.29, 1.82) is 0 Å². The Kier molecular flexibility index (Phi) is 2.72. The van der Waals surface area contributed by atoms with E-state index in [1.54, 1.807) is 7.05 Å². The lowest BCUT2D eigenvalue weighted by molar-refractivity contribution is -0.385. The fourth-order valence-electron chi connectivity index (χ4n) is 1.41. The van der Waals surface area contributed by atoms with Gasteiger partial charge in [0.1, 0.15) is 5.82 Å². The topological polar surface area (TPSA) is 76.8 Å². The summed E-state index contributed by atoms with van der Waals surface area (Å²) in [7, 11) is 1.64. The Morgan fingerprint density at radius 3 is 2.76 bits per heavy atom. The molecule has 2 rings (SSSR count). The number of H-pyrrole nitrogens is 1. The third-order valence-electron chi connectivity index (χ3n) is 2.23. The molecule has 8 heteroatoms. The molecule has 0 amide bonds. The zero-order valence-corrected chi connectivity index (χ0v) is 9.49. The number of benzene rings is 1. The molecule has 0 saturated carbocycles. The van der Waals surface area contributed by atoms with Crippen LogP contribution in [0, 0.1) is 20.7 Å². The van der Waals surface area contributed by atoms with Gasteiger partial charge in [-0.05, 0) is 18.3 Å². The van der Waals surface area contributed by atoms with Crippen LogP contribution in [0.3, 0.4) is 0 Å². The van der Waals surface area contributed by atoms with Gasteiger partial charge >= 0.3 is 0 Å². The van der Waals surface area contributed by atoms with Crippen molar-refractivity contribution in [2.45, 2.75) is 0 Å². The summed E-state index contributed by atoms with van der Waals surface area (Å²) in [5.41, 5.74) is -0.0273. The summed E-state index contributed by atoms with van der Waals surface area (Å²) in [5, 5.41) is 17.0. The molecular weight excluding hydrogens is 247 g/mol. The number of non-ortho nitro benzene ring substituents is 1. The highest BCUT2D eigenvalue weighted by Crippen LogP contribution is 2.23. The minimum Gasteiger partial charge on any atom is -0.303 e. The van der Waals surface area contributed by atoms with Crippen molar-refractivity contribution >= 4 is 17.9 Å².